The van der Waals surface area contributed by atoms with Crippen molar-refractivity contribution in [1.29, 1.82) is 0 Å². The Hall–Kier alpha value is -0.670. The van der Waals surface area contributed by atoms with Crippen LogP contribution < -0.4 is 5.73 Å². The second-order valence-electron chi connectivity index (χ2n) is 2.27. The van der Waals surface area contributed by atoms with Crippen molar-refractivity contribution in [2.45, 2.75) is 12.5 Å². The fraction of sp³-hybridized carbons (Fsp3) is 0.250. The zero-order valence-electron chi connectivity index (χ0n) is 6.28. The van der Waals surface area contributed by atoms with E-state index in [1.165, 1.54) is 0 Å². The highest BCUT2D eigenvalue weighted by Gasteiger charge is 2.16. The van der Waals surface area contributed by atoms with E-state index in [1.54, 1.807) is 30.3 Å². The number of benzene rings is 1. The monoisotopic (exact) mass is 193 g/mol. The fourth-order valence-electron chi connectivity index (χ4n) is 0.821. The Bertz CT molecular complexity index is 216. The number of rotatable bonds is 2. The van der Waals surface area contributed by atoms with E-state index < -0.39 is 12.5 Å². The third-order valence-corrected chi connectivity index (χ3v) is 1.46. The molecule has 0 spiro atoms. The van der Waals surface area contributed by atoms with Gasteiger partial charge in [0.15, 0.2) is 0 Å². The van der Waals surface area contributed by atoms with Crippen molar-refractivity contribution >= 4 is 12.4 Å². The van der Waals surface area contributed by atoms with Crippen LogP contribution in [0.3, 0.4) is 0 Å². The first kappa shape index (κ1) is 11.3. The number of hydrogen-bond donors (Lipinski definition) is 1. The smallest absolute Gasteiger partial charge is 0.257 e. The highest BCUT2D eigenvalue weighted by molar-refractivity contribution is 5.85. The fourth-order valence-corrected chi connectivity index (χ4v) is 0.821. The molecular formula is C8H10ClF2N. The van der Waals surface area contributed by atoms with E-state index in [-0.39, 0.29) is 12.4 Å². The van der Waals surface area contributed by atoms with Gasteiger partial charge in [-0.25, -0.2) is 8.78 Å². The van der Waals surface area contributed by atoms with E-state index >= 15 is 0 Å². The van der Waals surface area contributed by atoms with Gasteiger partial charge in [-0.1, -0.05) is 30.3 Å². The average molecular weight is 194 g/mol. The molecule has 0 amide bonds. The highest BCUT2D eigenvalue weighted by atomic mass is 35.5. The Kier molecular flexibility index (Phi) is 4.78. The molecule has 12 heavy (non-hydrogen) atoms. The van der Waals surface area contributed by atoms with Crippen molar-refractivity contribution in [1.82, 2.24) is 0 Å². The van der Waals surface area contributed by atoms with E-state index in [4.69, 9.17) is 5.73 Å². The Morgan fingerprint density at radius 1 is 1.08 bits per heavy atom. The lowest BCUT2D eigenvalue weighted by Crippen LogP contribution is -2.18. The average Bonchev–Trinajstić information content (AvgIpc) is 2.05. The van der Waals surface area contributed by atoms with Crippen LogP contribution in [0.5, 0.6) is 0 Å². The summed E-state index contributed by atoms with van der Waals surface area (Å²) in [5.74, 6) is 0. The summed E-state index contributed by atoms with van der Waals surface area (Å²) in [6.45, 7) is 0. The van der Waals surface area contributed by atoms with Crippen LogP contribution in [0.2, 0.25) is 0 Å². The molecular weight excluding hydrogens is 184 g/mol. The molecule has 0 aromatic heterocycles. The summed E-state index contributed by atoms with van der Waals surface area (Å²) in [6, 6.07) is 7.18. The van der Waals surface area contributed by atoms with E-state index in [2.05, 4.69) is 0 Å². The minimum Gasteiger partial charge on any atom is -0.319 e. The minimum atomic E-state index is -2.49. The zero-order valence-corrected chi connectivity index (χ0v) is 7.10. The van der Waals surface area contributed by atoms with Crippen molar-refractivity contribution in [2.24, 2.45) is 5.73 Å². The SMILES string of the molecule is Cl.N[C@@H](c1ccccc1)C(F)F. The van der Waals surface area contributed by atoms with E-state index in [1.807, 2.05) is 0 Å². The van der Waals surface area contributed by atoms with Crippen molar-refractivity contribution in [3.05, 3.63) is 35.9 Å². The van der Waals surface area contributed by atoms with Gasteiger partial charge >= 0.3 is 0 Å². The lowest BCUT2D eigenvalue weighted by molar-refractivity contribution is 0.116. The lowest BCUT2D eigenvalue weighted by Gasteiger charge is -2.09. The van der Waals surface area contributed by atoms with E-state index in [0.29, 0.717) is 5.56 Å². The molecule has 0 aliphatic heterocycles. The molecule has 0 bridgehead atoms. The van der Waals surface area contributed by atoms with Crippen molar-refractivity contribution in [3.63, 3.8) is 0 Å². The maximum Gasteiger partial charge on any atom is 0.257 e. The predicted octanol–water partition coefficient (Wildman–Crippen LogP) is 2.37. The van der Waals surface area contributed by atoms with Gasteiger partial charge < -0.3 is 5.73 Å². The summed E-state index contributed by atoms with van der Waals surface area (Å²) in [5.41, 5.74) is 5.66. The second-order valence-corrected chi connectivity index (χ2v) is 2.27. The van der Waals surface area contributed by atoms with Crippen LogP contribution in [0.15, 0.2) is 30.3 Å². The van der Waals surface area contributed by atoms with Crippen molar-refractivity contribution in [2.75, 3.05) is 0 Å². The molecule has 2 N–H and O–H groups in total. The van der Waals surface area contributed by atoms with Crippen LogP contribution in [0, 0.1) is 0 Å². The molecule has 0 heterocycles. The van der Waals surface area contributed by atoms with Crippen LogP contribution in [-0.2, 0) is 0 Å². The molecule has 4 heteroatoms. The summed E-state index contributed by atoms with van der Waals surface area (Å²) in [7, 11) is 0. The molecule has 1 aromatic carbocycles. The summed E-state index contributed by atoms with van der Waals surface area (Å²) < 4.78 is 24.0. The first-order valence-corrected chi connectivity index (χ1v) is 3.30. The third kappa shape index (κ3) is 2.75. The maximum atomic E-state index is 12.0. The number of halogens is 3. The van der Waals surface area contributed by atoms with E-state index in [9.17, 15) is 8.78 Å². The topological polar surface area (TPSA) is 26.0 Å². The van der Waals surface area contributed by atoms with Crippen molar-refractivity contribution < 1.29 is 8.78 Å². The Morgan fingerprint density at radius 2 is 1.58 bits per heavy atom. The molecule has 0 saturated carbocycles. The van der Waals surface area contributed by atoms with Gasteiger partial charge in [0.25, 0.3) is 6.43 Å². The molecule has 0 fully saturated rings. The van der Waals surface area contributed by atoms with Gasteiger partial charge in [0, 0.05) is 0 Å². The molecule has 0 unspecified atom stereocenters. The third-order valence-electron chi connectivity index (χ3n) is 1.46. The number of alkyl halides is 2. The molecule has 0 aliphatic carbocycles. The van der Waals surface area contributed by atoms with Gasteiger partial charge in [0.2, 0.25) is 0 Å². The lowest BCUT2D eigenvalue weighted by atomic mass is 10.1. The Morgan fingerprint density at radius 3 is 2.00 bits per heavy atom. The molecule has 0 aliphatic rings. The molecule has 0 radical (unpaired) electrons. The number of nitrogens with two attached hydrogens (primary N) is 1. The van der Waals surface area contributed by atoms with Gasteiger partial charge in [0.1, 0.15) is 0 Å². The molecule has 0 saturated heterocycles. The van der Waals surface area contributed by atoms with Crippen LogP contribution in [0.4, 0.5) is 8.78 Å². The Balaban J connectivity index is 0.00000121. The molecule has 1 rings (SSSR count). The summed E-state index contributed by atoms with van der Waals surface area (Å²) >= 11 is 0. The van der Waals surface area contributed by atoms with Crippen LogP contribution in [0.25, 0.3) is 0 Å². The standard InChI is InChI=1S/C8H9F2N.ClH/c9-8(10)7(11)6-4-2-1-3-5-6;/h1-5,7-8H,11H2;1H/t7-;/m0./s1. The first-order chi connectivity index (χ1) is 5.22. The van der Waals surface area contributed by atoms with Crippen molar-refractivity contribution in [3.8, 4) is 0 Å². The van der Waals surface area contributed by atoms with Gasteiger partial charge in [-0.05, 0) is 5.56 Å². The van der Waals surface area contributed by atoms with Gasteiger partial charge in [-0.3, -0.25) is 0 Å². The number of hydrogen-bond acceptors (Lipinski definition) is 1. The molecule has 1 nitrogen and oxygen atoms in total. The maximum absolute atomic E-state index is 12.0. The molecule has 68 valence electrons. The highest BCUT2D eigenvalue weighted by Crippen LogP contribution is 2.16. The van der Waals surface area contributed by atoms with Gasteiger partial charge in [0.05, 0.1) is 6.04 Å². The van der Waals surface area contributed by atoms with Crippen LogP contribution in [0.1, 0.15) is 11.6 Å². The Labute approximate surface area is 76.0 Å². The normalized spacial score (nSPS) is 12.3. The zero-order chi connectivity index (χ0) is 8.27. The van der Waals surface area contributed by atoms with Gasteiger partial charge in [-0.15, -0.1) is 12.4 Å². The first-order valence-electron chi connectivity index (χ1n) is 3.30. The second kappa shape index (κ2) is 5.06. The summed E-state index contributed by atoms with van der Waals surface area (Å²) in [6.07, 6.45) is -2.49. The molecule has 1 atom stereocenters. The summed E-state index contributed by atoms with van der Waals surface area (Å²) in [5, 5.41) is 0. The van der Waals surface area contributed by atoms with Gasteiger partial charge in [-0.2, -0.15) is 0 Å². The quantitative estimate of drug-likeness (QED) is 0.767. The van der Waals surface area contributed by atoms with Crippen LogP contribution in [-0.4, -0.2) is 6.43 Å². The van der Waals surface area contributed by atoms with Crippen LogP contribution >= 0.6 is 12.4 Å². The predicted molar refractivity (Wildman–Crippen MR) is 46.6 cm³/mol. The summed E-state index contributed by atoms with van der Waals surface area (Å²) in [4.78, 5) is 0. The molecule has 1 aromatic rings. The largest absolute Gasteiger partial charge is 0.319 e. The minimum absolute atomic E-state index is 0. The van der Waals surface area contributed by atoms with E-state index in [0.717, 1.165) is 0 Å².